The van der Waals surface area contributed by atoms with Gasteiger partial charge in [-0.1, -0.05) is 0 Å². The quantitative estimate of drug-likeness (QED) is 0.673. The van der Waals surface area contributed by atoms with E-state index in [-0.39, 0.29) is 11.7 Å². The highest BCUT2D eigenvalue weighted by molar-refractivity contribution is 7.86. The van der Waals surface area contributed by atoms with Gasteiger partial charge in [-0.2, -0.15) is 13.4 Å². The number of nitrogens with two attached hydrogens (primary N) is 1. The first-order chi connectivity index (χ1) is 10.9. The lowest BCUT2D eigenvalue weighted by atomic mass is 10.2. The maximum Gasteiger partial charge on any atom is 0.306 e. The average molecular weight is 335 g/mol. The zero-order valence-electron chi connectivity index (χ0n) is 12.3. The zero-order valence-corrected chi connectivity index (χ0v) is 13.1. The summed E-state index contributed by atoms with van der Waals surface area (Å²) in [4.78, 5) is 15.3. The number of benzene rings is 1. The van der Waals surface area contributed by atoms with Gasteiger partial charge in [0.25, 0.3) is 0 Å². The topological polar surface area (TPSA) is 133 Å². The molecule has 0 radical (unpaired) electrons. The van der Waals surface area contributed by atoms with Crippen LogP contribution in [0.2, 0.25) is 0 Å². The van der Waals surface area contributed by atoms with Gasteiger partial charge in [0.2, 0.25) is 5.95 Å². The number of nitrogen functional groups attached to an aromatic ring is 1. The van der Waals surface area contributed by atoms with Crippen LogP contribution in [-0.4, -0.2) is 41.7 Å². The highest BCUT2D eigenvalue weighted by atomic mass is 32.2. The van der Waals surface area contributed by atoms with Crippen molar-refractivity contribution in [2.24, 2.45) is 0 Å². The Hall–Kier alpha value is -2.88. The Labute approximate surface area is 131 Å². The van der Waals surface area contributed by atoms with E-state index in [2.05, 4.69) is 19.9 Å². The summed E-state index contributed by atoms with van der Waals surface area (Å²) >= 11 is 0. The second-order valence-corrected chi connectivity index (χ2v) is 6.28. The summed E-state index contributed by atoms with van der Waals surface area (Å²) < 4.78 is 32.5. The van der Waals surface area contributed by atoms with Gasteiger partial charge in [-0.05, 0) is 12.1 Å². The van der Waals surface area contributed by atoms with Crippen LogP contribution in [0.3, 0.4) is 0 Å². The van der Waals surface area contributed by atoms with E-state index in [4.69, 9.17) is 14.7 Å². The van der Waals surface area contributed by atoms with Gasteiger partial charge in [0.05, 0.1) is 25.1 Å². The molecular formula is C13H13N5O4S. The number of rotatable bonds is 4. The van der Waals surface area contributed by atoms with Crippen LogP contribution in [0.15, 0.2) is 24.4 Å². The Bertz CT molecular complexity index is 983. The first-order valence-corrected chi connectivity index (χ1v) is 8.23. The maximum absolute atomic E-state index is 11.2. The van der Waals surface area contributed by atoms with Gasteiger partial charge in [0.15, 0.2) is 5.65 Å². The van der Waals surface area contributed by atoms with Crippen molar-refractivity contribution in [2.45, 2.75) is 0 Å². The number of hydrogen-bond acceptors (Lipinski definition) is 8. The average Bonchev–Trinajstić information content (AvgIpc) is 2.88. The fourth-order valence-electron chi connectivity index (χ4n) is 2.04. The van der Waals surface area contributed by atoms with E-state index >= 15 is 0 Å². The molecule has 3 rings (SSSR count). The minimum absolute atomic E-state index is 0.124. The van der Waals surface area contributed by atoms with Crippen molar-refractivity contribution in [1.29, 1.82) is 0 Å². The molecule has 0 atom stereocenters. The molecule has 120 valence electrons. The monoisotopic (exact) mass is 335 g/mol. The molecule has 0 saturated heterocycles. The minimum Gasteiger partial charge on any atom is -0.496 e. The van der Waals surface area contributed by atoms with Crippen molar-refractivity contribution in [2.75, 3.05) is 19.1 Å². The molecule has 0 bridgehead atoms. The number of fused-ring (bicyclic) bond motifs is 1. The van der Waals surface area contributed by atoms with E-state index in [1.807, 2.05) is 0 Å². The zero-order chi connectivity index (χ0) is 16.6. The highest BCUT2D eigenvalue weighted by Gasteiger charge is 2.14. The Morgan fingerprint density at radius 2 is 2.04 bits per heavy atom. The minimum atomic E-state index is -3.62. The number of anilines is 1. The predicted octanol–water partition coefficient (Wildman–Crippen LogP) is 0.949. The Kier molecular flexibility index (Phi) is 3.52. The molecule has 0 spiro atoms. The van der Waals surface area contributed by atoms with Crippen LogP contribution in [0.4, 0.5) is 5.95 Å². The predicted molar refractivity (Wildman–Crippen MR) is 83.6 cm³/mol. The van der Waals surface area contributed by atoms with E-state index in [0.29, 0.717) is 28.3 Å². The number of H-pyrrole nitrogens is 1. The van der Waals surface area contributed by atoms with Gasteiger partial charge in [0, 0.05) is 6.07 Å². The molecule has 9 nitrogen and oxygen atoms in total. The van der Waals surface area contributed by atoms with Crippen LogP contribution in [0, 0.1) is 0 Å². The van der Waals surface area contributed by atoms with Crippen molar-refractivity contribution >= 4 is 27.2 Å². The van der Waals surface area contributed by atoms with Crippen molar-refractivity contribution in [3.05, 3.63) is 24.4 Å². The molecule has 23 heavy (non-hydrogen) atoms. The molecule has 0 unspecified atom stereocenters. The molecule has 3 aromatic rings. The van der Waals surface area contributed by atoms with Gasteiger partial charge in [-0.3, -0.25) is 0 Å². The third-order valence-corrected chi connectivity index (χ3v) is 3.43. The fraction of sp³-hybridized carbons (Fsp3) is 0.154. The van der Waals surface area contributed by atoms with Crippen molar-refractivity contribution in [3.63, 3.8) is 0 Å². The molecule has 0 fully saturated rings. The van der Waals surface area contributed by atoms with Crippen LogP contribution in [-0.2, 0) is 10.1 Å². The molecule has 1 aromatic carbocycles. The summed E-state index contributed by atoms with van der Waals surface area (Å²) in [6.45, 7) is 0. The van der Waals surface area contributed by atoms with Crippen molar-refractivity contribution in [1.82, 2.24) is 19.9 Å². The summed E-state index contributed by atoms with van der Waals surface area (Å²) in [5.41, 5.74) is 7.19. The van der Waals surface area contributed by atoms with Crippen LogP contribution < -0.4 is 14.7 Å². The first-order valence-electron chi connectivity index (χ1n) is 6.42. The molecule has 3 N–H and O–H groups in total. The molecule has 10 heteroatoms. The van der Waals surface area contributed by atoms with Crippen LogP contribution in [0.25, 0.3) is 22.6 Å². The van der Waals surface area contributed by atoms with Crippen LogP contribution in [0.1, 0.15) is 0 Å². The second-order valence-electron chi connectivity index (χ2n) is 4.70. The van der Waals surface area contributed by atoms with E-state index in [9.17, 15) is 8.42 Å². The molecule has 2 aromatic heterocycles. The summed E-state index contributed by atoms with van der Waals surface area (Å²) in [6, 6.07) is 4.60. The SMILES string of the molecule is COc1cc(OS(C)(=O)=O)ccc1-c1nc2nc(N)ncc2[nH]1. The van der Waals surface area contributed by atoms with Gasteiger partial charge in [0.1, 0.15) is 22.8 Å². The number of hydrogen-bond donors (Lipinski definition) is 2. The van der Waals surface area contributed by atoms with E-state index in [0.717, 1.165) is 6.26 Å². The molecule has 0 aliphatic rings. The smallest absolute Gasteiger partial charge is 0.306 e. The maximum atomic E-state index is 11.2. The number of nitrogens with one attached hydrogen (secondary N) is 1. The lowest BCUT2D eigenvalue weighted by Crippen LogP contribution is -2.05. The summed E-state index contributed by atoms with van der Waals surface area (Å²) in [5, 5.41) is 0. The second kappa shape index (κ2) is 5.39. The number of imidazole rings is 1. The standard InChI is InChI=1S/C13H13N5O4S/c1-21-10-5-7(22-23(2,19)20)3-4-8(10)11-16-9-6-15-13(14)18-12(9)17-11/h3-6H,1-2H3,(H3,14,15,16,17,18). The molecule has 0 aliphatic heterocycles. The molecule has 0 aliphatic carbocycles. The molecule has 0 amide bonds. The molecular weight excluding hydrogens is 322 g/mol. The Balaban J connectivity index is 2.07. The lowest BCUT2D eigenvalue weighted by Gasteiger charge is -2.09. The van der Waals surface area contributed by atoms with E-state index in [1.165, 1.54) is 25.4 Å². The molecule has 2 heterocycles. The van der Waals surface area contributed by atoms with Crippen LogP contribution in [0.5, 0.6) is 11.5 Å². The lowest BCUT2D eigenvalue weighted by molar-refractivity contribution is 0.413. The highest BCUT2D eigenvalue weighted by Crippen LogP contribution is 2.32. The number of ether oxygens (including phenoxy) is 1. The Morgan fingerprint density at radius 3 is 2.74 bits per heavy atom. The fourth-order valence-corrected chi connectivity index (χ4v) is 2.50. The number of methoxy groups -OCH3 is 1. The van der Waals surface area contributed by atoms with Crippen molar-refractivity contribution in [3.8, 4) is 22.9 Å². The summed E-state index contributed by atoms with van der Waals surface area (Å²) in [5.74, 6) is 1.15. The van der Waals surface area contributed by atoms with Gasteiger partial charge in [-0.15, -0.1) is 0 Å². The number of nitrogens with zero attached hydrogens (tertiary/aromatic N) is 3. The Morgan fingerprint density at radius 1 is 1.26 bits per heavy atom. The van der Waals surface area contributed by atoms with Crippen molar-refractivity contribution < 1.29 is 17.3 Å². The van der Waals surface area contributed by atoms with Gasteiger partial charge in [-0.25, -0.2) is 9.97 Å². The van der Waals surface area contributed by atoms with E-state index in [1.54, 1.807) is 6.07 Å². The number of aromatic amines is 1. The third kappa shape index (κ3) is 3.16. The third-order valence-electron chi connectivity index (χ3n) is 2.93. The number of aromatic nitrogens is 4. The largest absolute Gasteiger partial charge is 0.496 e. The normalized spacial score (nSPS) is 11.6. The van der Waals surface area contributed by atoms with E-state index < -0.39 is 10.1 Å². The summed E-state index contributed by atoms with van der Waals surface area (Å²) in [6.07, 6.45) is 2.50. The van der Waals surface area contributed by atoms with Crippen LogP contribution >= 0.6 is 0 Å². The van der Waals surface area contributed by atoms with Gasteiger partial charge >= 0.3 is 10.1 Å². The summed E-state index contributed by atoms with van der Waals surface area (Å²) in [7, 11) is -2.15. The first kappa shape index (κ1) is 15.0. The van der Waals surface area contributed by atoms with Gasteiger partial charge < -0.3 is 19.6 Å². The molecule has 0 saturated carbocycles.